The van der Waals surface area contributed by atoms with Crippen molar-refractivity contribution in [3.8, 4) is 5.75 Å². The first-order valence-electron chi connectivity index (χ1n) is 7.72. The zero-order chi connectivity index (χ0) is 15.9. The lowest BCUT2D eigenvalue weighted by Gasteiger charge is -2.19. The Hall–Kier alpha value is -1.81. The zero-order valence-corrected chi connectivity index (χ0v) is 13.7. The lowest BCUT2D eigenvalue weighted by molar-refractivity contribution is -0.125. The molecule has 22 heavy (non-hydrogen) atoms. The number of hydrogen-bond donors (Lipinski definition) is 0. The zero-order valence-electron chi connectivity index (χ0n) is 13.7. The highest BCUT2D eigenvalue weighted by Gasteiger charge is 2.19. The van der Waals surface area contributed by atoms with Crippen LogP contribution in [0.15, 0.2) is 35.9 Å². The highest BCUT2D eigenvalue weighted by Crippen LogP contribution is 2.20. The number of likely N-dealkylation sites (N-methyl/N-ethyl adjacent to an activating group) is 1. The Balaban J connectivity index is 1.93. The number of para-hydroxylation sites is 1. The van der Waals surface area contributed by atoms with Gasteiger partial charge in [0.2, 0.25) is 5.91 Å². The van der Waals surface area contributed by atoms with Crippen molar-refractivity contribution < 1.29 is 14.3 Å². The van der Waals surface area contributed by atoms with Crippen LogP contribution < -0.4 is 4.74 Å². The first kappa shape index (κ1) is 16.6. The summed E-state index contributed by atoms with van der Waals surface area (Å²) in [5, 5.41) is 0. The first-order chi connectivity index (χ1) is 10.6. The molecule has 1 unspecified atom stereocenters. The van der Waals surface area contributed by atoms with Crippen LogP contribution in [0, 0.1) is 5.92 Å². The molecule has 1 amide bonds. The third kappa shape index (κ3) is 4.60. The fourth-order valence-electron chi connectivity index (χ4n) is 2.73. The van der Waals surface area contributed by atoms with Gasteiger partial charge in [-0.05, 0) is 31.4 Å². The summed E-state index contributed by atoms with van der Waals surface area (Å²) >= 11 is 0. The van der Waals surface area contributed by atoms with Crippen LogP contribution in [-0.4, -0.2) is 44.7 Å². The SMILES string of the molecule is COc1ccccc1C/C(C)=C/C(=O)N(C)CC1CCOC1. The van der Waals surface area contributed by atoms with Crippen LogP contribution in [0.1, 0.15) is 18.9 Å². The molecule has 0 radical (unpaired) electrons. The lowest BCUT2D eigenvalue weighted by Crippen LogP contribution is -2.31. The number of rotatable bonds is 6. The van der Waals surface area contributed by atoms with Gasteiger partial charge in [-0.25, -0.2) is 0 Å². The molecule has 1 saturated heterocycles. The van der Waals surface area contributed by atoms with Crippen LogP contribution >= 0.6 is 0 Å². The standard InChI is InChI=1S/C18H25NO3/c1-14(10-16-6-4-5-7-17(16)21-3)11-18(20)19(2)12-15-8-9-22-13-15/h4-7,11,15H,8-10,12-13H2,1-3H3/b14-11+. The van der Waals surface area contributed by atoms with E-state index in [1.807, 2.05) is 38.2 Å². The number of ether oxygens (including phenoxy) is 2. The van der Waals surface area contributed by atoms with Crippen molar-refractivity contribution in [2.75, 3.05) is 33.9 Å². The minimum Gasteiger partial charge on any atom is -0.496 e. The van der Waals surface area contributed by atoms with Gasteiger partial charge in [-0.3, -0.25) is 4.79 Å². The van der Waals surface area contributed by atoms with Crippen LogP contribution in [0.3, 0.4) is 0 Å². The Morgan fingerprint density at radius 2 is 2.23 bits per heavy atom. The summed E-state index contributed by atoms with van der Waals surface area (Å²) in [5.41, 5.74) is 2.13. The molecule has 0 spiro atoms. The normalized spacial score (nSPS) is 18.3. The van der Waals surface area contributed by atoms with Gasteiger partial charge in [0.15, 0.2) is 0 Å². The summed E-state index contributed by atoms with van der Waals surface area (Å²) in [6.45, 7) is 4.32. The second-order valence-electron chi connectivity index (χ2n) is 5.93. The van der Waals surface area contributed by atoms with Crippen LogP contribution in [0.4, 0.5) is 0 Å². The second-order valence-corrected chi connectivity index (χ2v) is 5.93. The van der Waals surface area contributed by atoms with Gasteiger partial charge in [-0.15, -0.1) is 0 Å². The van der Waals surface area contributed by atoms with Gasteiger partial charge >= 0.3 is 0 Å². The third-order valence-corrected chi connectivity index (χ3v) is 3.96. The molecule has 0 saturated carbocycles. The summed E-state index contributed by atoms with van der Waals surface area (Å²) in [5.74, 6) is 1.38. The summed E-state index contributed by atoms with van der Waals surface area (Å²) in [6, 6.07) is 7.90. The maximum atomic E-state index is 12.3. The molecule has 1 atom stereocenters. The number of benzene rings is 1. The Morgan fingerprint density at radius 1 is 1.45 bits per heavy atom. The van der Waals surface area contributed by atoms with Gasteiger partial charge in [-0.2, -0.15) is 0 Å². The van der Waals surface area contributed by atoms with Crippen molar-refractivity contribution in [1.82, 2.24) is 4.90 Å². The Kier molecular flexibility index (Phi) is 6.01. The first-order valence-corrected chi connectivity index (χ1v) is 7.72. The summed E-state index contributed by atoms with van der Waals surface area (Å²) in [6.07, 6.45) is 3.49. The molecular formula is C18H25NO3. The van der Waals surface area contributed by atoms with E-state index in [-0.39, 0.29) is 5.91 Å². The van der Waals surface area contributed by atoms with Crippen molar-refractivity contribution in [1.29, 1.82) is 0 Å². The van der Waals surface area contributed by atoms with Crippen molar-refractivity contribution in [2.24, 2.45) is 5.92 Å². The summed E-state index contributed by atoms with van der Waals surface area (Å²) in [7, 11) is 3.52. The molecule has 0 aliphatic carbocycles. The fourth-order valence-corrected chi connectivity index (χ4v) is 2.73. The predicted molar refractivity (Wildman–Crippen MR) is 87.0 cm³/mol. The van der Waals surface area contributed by atoms with E-state index in [9.17, 15) is 4.79 Å². The van der Waals surface area contributed by atoms with Gasteiger partial charge in [0.1, 0.15) is 5.75 Å². The monoisotopic (exact) mass is 303 g/mol. The summed E-state index contributed by atoms with van der Waals surface area (Å²) < 4.78 is 10.7. The van der Waals surface area contributed by atoms with Gasteiger partial charge in [-0.1, -0.05) is 23.8 Å². The van der Waals surface area contributed by atoms with Crippen LogP contribution in [0.25, 0.3) is 0 Å². The quantitative estimate of drug-likeness (QED) is 0.758. The minimum absolute atomic E-state index is 0.0549. The van der Waals surface area contributed by atoms with E-state index in [1.165, 1.54) is 0 Å². The van der Waals surface area contributed by atoms with E-state index in [0.717, 1.165) is 49.5 Å². The molecule has 1 aliphatic heterocycles. The fraction of sp³-hybridized carbons (Fsp3) is 0.500. The van der Waals surface area contributed by atoms with E-state index in [1.54, 1.807) is 18.1 Å². The summed E-state index contributed by atoms with van der Waals surface area (Å²) in [4.78, 5) is 14.0. The molecule has 1 fully saturated rings. The molecule has 4 heteroatoms. The third-order valence-electron chi connectivity index (χ3n) is 3.96. The van der Waals surface area contributed by atoms with E-state index in [2.05, 4.69) is 0 Å². The molecule has 0 aromatic heterocycles. The topological polar surface area (TPSA) is 38.8 Å². The molecule has 1 aliphatic rings. The van der Waals surface area contributed by atoms with Crippen molar-refractivity contribution >= 4 is 5.91 Å². The van der Waals surface area contributed by atoms with E-state index in [0.29, 0.717) is 5.92 Å². The Bertz CT molecular complexity index is 533. The molecule has 120 valence electrons. The minimum atomic E-state index is 0.0549. The van der Waals surface area contributed by atoms with Gasteiger partial charge in [0, 0.05) is 32.2 Å². The highest BCUT2D eigenvalue weighted by atomic mass is 16.5. The largest absolute Gasteiger partial charge is 0.496 e. The number of amides is 1. The molecule has 0 bridgehead atoms. The van der Waals surface area contributed by atoms with Gasteiger partial charge in [0.25, 0.3) is 0 Å². The predicted octanol–water partition coefficient (Wildman–Crippen LogP) is 2.68. The molecule has 1 aromatic carbocycles. The van der Waals surface area contributed by atoms with Crippen LogP contribution in [0.5, 0.6) is 5.75 Å². The molecule has 1 aromatic rings. The number of nitrogens with zero attached hydrogens (tertiary/aromatic N) is 1. The van der Waals surface area contributed by atoms with E-state index in [4.69, 9.17) is 9.47 Å². The average molecular weight is 303 g/mol. The smallest absolute Gasteiger partial charge is 0.246 e. The molecule has 4 nitrogen and oxygen atoms in total. The van der Waals surface area contributed by atoms with Crippen molar-refractivity contribution in [2.45, 2.75) is 19.8 Å². The number of allylic oxidation sites excluding steroid dienone is 1. The van der Waals surface area contributed by atoms with Crippen LogP contribution in [0.2, 0.25) is 0 Å². The molecule has 2 rings (SSSR count). The number of carbonyl (C=O) groups excluding carboxylic acids is 1. The Labute approximate surface area is 132 Å². The van der Waals surface area contributed by atoms with Crippen molar-refractivity contribution in [3.63, 3.8) is 0 Å². The highest BCUT2D eigenvalue weighted by molar-refractivity contribution is 5.88. The van der Waals surface area contributed by atoms with E-state index >= 15 is 0 Å². The number of methoxy groups -OCH3 is 1. The average Bonchev–Trinajstić information content (AvgIpc) is 3.00. The van der Waals surface area contributed by atoms with E-state index < -0.39 is 0 Å². The van der Waals surface area contributed by atoms with Crippen LogP contribution in [-0.2, 0) is 16.0 Å². The van der Waals surface area contributed by atoms with Gasteiger partial charge < -0.3 is 14.4 Å². The molecule has 1 heterocycles. The maximum absolute atomic E-state index is 12.3. The second kappa shape index (κ2) is 7.99. The Morgan fingerprint density at radius 3 is 2.91 bits per heavy atom. The maximum Gasteiger partial charge on any atom is 0.246 e. The lowest BCUT2D eigenvalue weighted by atomic mass is 10.0. The van der Waals surface area contributed by atoms with Crippen molar-refractivity contribution in [3.05, 3.63) is 41.5 Å². The van der Waals surface area contributed by atoms with Gasteiger partial charge in [0.05, 0.1) is 13.7 Å². The molecular weight excluding hydrogens is 278 g/mol. The number of hydrogen-bond acceptors (Lipinski definition) is 3. The molecule has 0 N–H and O–H groups in total. The number of carbonyl (C=O) groups is 1.